The number of rotatable bonds is 2. The van der Waals surface area contributed by atoms with Gasteiger partial charge in [-0.25, -0.2) is 4.79 Å². The summed E-state index contributed by atoms with van der Waals surface area (Å²) >= 11 is 0. The van der Waals surface area contributed by atoms with Crippen molar-refractivity contribution in [1.29, 1.82) is 0 Å². The van der Waals surface area contributed by atoms with Crippen LogP contribution in [0.25, 0.3) is 0 Å². The topological polar surface area (TPSA) is 81.5 Å². The Labute approximate surface area is 137 Å². The molecule has 0 radical (unpaired) electrons. The van der Waals surface area contributed by atoms with E-state index >= 15 is 0 Å². The van der Waals surface area contributed by atoms with E-state index in [4.69, 9.17) is 4.84 Å². The minimum Gasteiger partial charge on any atom is -0.329 e. The lowest BCUT2D eigenvalue weighted by Gasteiger charge is -2.21. The lowest BCUT2D eigenvalue weighted by atomic mass is 9.87. The highest BCUT2D eigenvalue weighted by molar-refractivity contribution is 6.20. The molecule has 0 saturated heterocycles. The average molecular weight is 325 g/mol. The molecule has 1 aromatic heterocycles. The quantitative estimate of drug-likeness (QED) is 0.783. The number of amides is 2. The lowest BCUT2D eigenvalue weighted by Crippen LogP contribution is -2.35. The molecular formula is C17H15N3O4. The highest BCUT2D eigenvalue weighted by Gasteiger charge is 2.40. The van der Waals surface area contributed by atoms with Gasteiger partial charge in [-0.15, -0.1) is 0 Å². The Bertz CT molecular complexity index is 835. The number of benzene rings is 1. The van der Waals surface area contributed by atoms with Gasteiger partial charge in [-0.05, 0) is 31.4 Å². The first-order chi connectivity index (χ1) is 11.6. The molecule has 24 heavy (non-hydrogen) atoms. The van der Waals surface area contributed by atoms with Gasteiger partial charge in [-0.2, -0.15) is 5.10 Å². The number of hydrogen-bond donors (Lipinski definition) is 0. The van der Waals surface area contributed by atoms with Crippen LogP contribution < -0.4 is 0 Å². The first-order valence-corrected chi connectivity index (χ1v) is 7.78. The first kappa shape index (κ1) is 14.6. The minimum absolute atomic E-state index is 0.251. The predicted octanol–water partition coefficient (Wildman–Crippen LogP) is 1.59. The molecule has 122 valence electrons. The summed E-state index contributed by atoms with van der Waals surface area (Å²) in [5, 5.41) is 4.91. The predicted molar refractivity (Wildman–Crippen MR) is 81.9 cm³/mol. The zero-order chi connectivity index (χ0) is 16.8. The average Bonchev–Trinajstić information content (AvgIpc) is 3.07. The molecule has 1 aliphatic heterocycles. The molecule has 0 N–H and O–H groups in total. The van der Waals surface area contributed by atoms with E-state index in [0.717, 1.165) is 24.1 Å². The maximum atomic E-state index is 12.6. The maximum Gasteiger partial charge on any atom is 0.340 e. The number of aromatic nitrogens is 2. The normalized spacial score (nSPS) is 19.2. The fraction of sp³-hybridized carbons (Fsp3) is 0.294. The summed E-state index contributed by atoms with van der Waals surface area (Å²) in [6.45, 7) is 0. The Morgan fingerprint density at radius 3 is 2.54 bits per heavy atom. The lowest BCUT2D eigenvalue weighted by molar-refractivity contribution is -0.170. The molecule has 1 atom stereocenters. The second-order valence-electron chi connectivity index (χ2n) is 6.01. The molecule has 2 aliphatic rings. The molecule has 0 saturated carbocycles. The standard InChI is InChI=1S/C17H15N3O4/c1-19-9-13-12(7-4-8-14(13)18-19)17(23)24-20-15(21)10-5-2-3-6-11(10)16(20)22/h2-3,5-6,9,12H,4,7-8H2,1H3. The molecular weight excluding hydrogens is 310 g/mol. The zero-order valence-corrected chi connectivity index (χ0v) is 13.1. The fourth-order valence-electron chi connectivity index (χ4n) is 3.32. The van der Waals surface area contributed by atoms with Gasteiger partial charge in [0.25, 0.3) is 11.8 Å². The van der Waals surface area contributed by atoms with Gasteiger partial charge in [0.2, 0.25) is 0 Å². The van der Waals surface area contributed by atoms with Crippen molar-refractivity contribution in [3.63, 3.8) is 0 Å². The van der Waals surface area contributed by atoms with Crippen LogP contribution in [0.5, 0.6) is 0 Å². The van der Waals surface area contributed by atoms with Crippen molar-refractivity contribution >= 4 is 17.8 Å². The van der Waals surface area contributed by atoms with Gasteiger partial charge < -0.3 is 4.84 Å². The Hall–Kier alpha value is -2.96. The number of imide groups is 1. The number of nitrogens with zero attached hydrogens (tertiary/aromatic N) is 3. The van der Waals surface area contributed by atoms with Crippen molar-refractivity contribution in [2.24, 2.45) is 7.05 Å². The van der Waals surface area contributed by atoms with Crippen molar-refractivity contribution in [2.45, 2.75) is 25.2 Å². The van der Waals surface area contributed by atoms with Gasteiger partial charge in [0.05, 0.1) is 22.7 Å². The molecule has 7 heteroatoms. The van der Waals surface area contributed by atoms with E-state index in [1.54, 1.807) is 42.2 Å². The molecule has 0 fully saturated rings. The van der Waals surface area contributed by atoms with Crippen molar-refractivity contribution in [3.05, 3.63) is 52.8 Å². The van der Waals surface area contributed by atoms with Gasteiger partial charge >= 0.3 is 5.97 Å². The van der Waals surface area contributed by atoms with Gasteiger partial charge in [-0.1, -0.05) is 17.2 Å². The Morgan fingerprint density at radius 2 is 1.88 bits per heavy atom. The summed E-state index contributed by atoms with van der Waals surface area (Å²) in [7, 11) is 1.80. The summed E-state index contributed by atoms with van der Waals surface area (Å²) < 4.78 is 1.66. The van der Waals surface area contributed by atoms with E-state index in [9.17, 15) is 14.4 Å². The summed E-state index contributed by atoms with van der Waals surface area (Å²) in [4.78, 5) is 42.3. The Kier molecular flexibility index (Phi) is 3.23. The highest BCUT2D eigenvalue weighted by atomic mass is 16.7. The number of aryl methyl sites for hydroxylation is 2. The largest absolute Gasteiger partial charge is 0.340 e. The summed E-state index contributed by atoms with van der Waals surface area (Å²) in [5.41, 5.74) is 2.18. The number of hydroxylamine groups is 2. The van der Waals surface area contributed by atoms with Crippen LogP contribution in [0.1, 0.15) is 50.7 Å². The van der Waals surface area contributed by atoms with Crippen molar-refractivity contribution in [2.75, 3.05) is 0 Å². The van der Waals surface area contributed by atoms with Crippen molar-refractivity contribution < 1.29 is 19.2 Å². The second kappa shape index (κ2) is 5.30. The van der Waals surface area contributed by atoms with Gasteiger partial charge in [0.1, 0.15) is 0 Å². The molecule has 1 aliphatic carbocycles. The molecule has 2 heterocycles. The molecule has 0 spiro atoms. The van der Waals surface area contributed by atoms with Gasteiger partial charge in [0.15, 0.2) is 0 Å². The van der Waals surface area contributed by atoms with Crippen molar-refractivity contribution in [3.8, 4) is 0 Å². The van der Waals surface area contributed by atoms with E-state index in [-0.39, 0.29) is 11.1 Å². The van der Waals surface area contributed by atoms with E-state index in [2.05, 4.69) is 5.10 Å². The van der Waals surface area contributed by atoms with Gasteiger partial charge in [0, 0.05) is 18.8 Å². The number of carbonyl (C=O) groups excluding carboxylic acids is 3. The third kappa shape index (κ3) is 2.12. The van der Waals surface area contributed by atoms with E-state index < -0.39 is 23.7 Å². The van der Waals surface area contributed by atoms with Crippen LogP contribution in [0, 0.1) is 0 Å². The van der Waals surface area contributed by atoms with Crippen LogP contribution in [0.3, 0.4) is 0 Å². The van der Waals surface area contributed by atoms with Crippen LogP contribution in [-0.2, 0) is 23.1 Å². The second-order valence-corrected chi connectivity index (χ2v) is 6.01. The molecule has 4 rings (SSSR count). The number of hydrogen-bond acceptors (Lipinski definition) is 5. The highest BCUT2D eigenvalue weighted by Crippen LogP contribution is 2.33. The van der Waals surface area contributed by atoms with Crippen LogP contribution in [0.15, 0.2) is 30.5 Å². The van der Waals surface area contributed by atoms with E-state index in [0.29, 0.717) is 11.5 Å². The summed E-state index contributed by atoms with van der Waals surface area (Å²) in [5.74, 6) is -2.32. The SMILES string of the molecule is Cn1cc2c(n1)CCCC2C(=O)ON1C(=O)c2ccccc2C1=O. The molecule has 2 amide bonds. The third-order valence-electron chi connectivity index (χ3n) is 4.44. The fourth-order valence-corrected chi connectivity index (χ4v) is 3.32. The van der Waals surface area contributed by atoms with Crippen LogP contribution in [-0.4, -0.2) is 32.6 Å². The van der Waals surface area contributed by atoms with Crippen LogP contribution >= 0.6 is 0 Å². The minimum atomic E-state index is -0.605. The monoisotopic (exact) mass is 325 g/mol. The molecule has 1 aromatic carbocycles. The molecule has 7 nitrogen and oxygen atoms in total. The van der Waals surface area contributed by atoms with Crippen LogP contribution in [0.2, 0.25) is 0 Å². The Morgan fingerprint density at radius 1 is 1.21 bits per heavy atom. The van der Waals surface area contributed by atoms with Crippen molar-refractivity contribution in [1.82, 2.24) is 14.8 Å². The summed E-state index contributed by atoms with van der Waals surface area (Å²) in [6.07, 6.45) is 4.03. The number of fused-ring (bicyclic) bond motifs is 2. The van der Waals surface area contributed by atoms with E-state index in [1.165, 1.54) is 0 Å². The third-order valence-corrected chi connectivity index (χ3v) is 4.44. The molecule has 1 unspecified atom stereocenters. The van der Waals surface area contributed by atoms with E-state index in [1.807, 2.05) is 0 Å². The molecule has 2 aromatic rings. The smallest absolute Gasteiger partial charge is 0.329 e. The number of carbonyl (C=O) groups is 3. The Balaban J connectivity index is 1.58. The maximum absolute atomic E-state index is 12.6. The zero-order valence-electron chi connectivity index (χ0n) is 13.1. The van der Waals surface area contributed by atoms with Crippen LogP contribution in [0.4, 0.5) is 0 Å². The first-order valence-electron chi connectivity index (χ1n) is 7.78. The van der Waals surface area contributed by atoms with Gasteiger partial charge in [-0.3, -0.25) is 14.3 Å². The summed E-state index contributed by atoms with van der Waals surface area (Å²) in [6, 6.07) is 6.42. The molecule has 0 bridgehead atoms.